The Balaban J connectivity index is 2.20. The fourth-order valence-electron chi connectivity index (χ4n) is 1.89. The molecule has 1 atom stereocenters. The molecule has 0 N–H and O–H groups in total. The molecule has 2 aromatic carbocycles. The van der Waals surface area contributed by atoms with E-state index in [0.29, 0.717) is 11.4 Å². The molecule has 0 heterocycles. The van der Waals surface area contributed by atoms with Gasteiger partial charge < -0.3 is 4.74 Å². The van der Waals surface area contributed by atoms with E-state index in [1.54, 1.807) is 7.11 Å². The zero-order valence-corrected chi connectivity index (χ0v) is 13.5. The van der Waals surface area contributed by atoms with E-state index in [1.165, 1.54) is 0 Å². The van der Waals surface area contributed by atoms with Crippen LogP contribution in [0.5, 0.6) is 5.75 Å². The summed E-state index contributed by atoms with van der Waals surface area (Å²) in [6, 6.07) is 13.7. The Morgan fingerprint density at radius 2 is 1.95 bits per heavy atom. The van der Waals surface area contributed by atoms with Crippen LogP contribution in [0.3, 0.4) is 0 Å². The molecular weight excluding hydrogens is 347 g/mol. The monoisotopic (exact) mass is 358 g/mol. The van der Waals surface area contributed by atoms with Gasteiger partial charge in [0.2, 0.25) is 0 Å². The highest BCUT2D eigenvalue weighted by molar-refractivity contribution is 9.10. The fourth-order valence-corrected chi connectivity index (χ4v) is 2.63. The average Bonchev–Trinajstić information content (AvgIpc) is 2.42. The second-order valence-electron chi connectivity index (χ2n) is 4.16. The van der Waals surface area contributed by atoms with E-state index in [4.69, 9.17) is 27.9 Å². The molecule has 0 aliphatic carbocycles. The van der Waals surface area contributed by atoms with Gasteiger partial charge in [0.15, 0.2) is 0 Å². The van der Waals surface area contributed by atoms with Gasteiger partial charge in [-0.15, -0.1) is 11.6 Å². The van der Waals surface area contributed by atoms with Gasteiger partial charge in [0.25, 0.3) is 0 Å². The highest BCUT2D eigenvalue weighted by atomic mass is 79.9. The lowest BCUT2D eigenvalue weighted by molar-refractivity contribution is 0.409. The number of ether oxygens (including phenoxy) is 1. The number of para-hydroxylation sites is 1. The lowest BCUT2D eigenvalue weighted by atomic mass is 10.0. The molecule has 0 aromatic heterocycles. The van der Waals surface area contributed by atoms with Crippen molar-refractivity contribution in [1.29, 1.82) is 0 Å². The Morgan fingerprint density at radius 1 is 1.21 bits per heavy atom. The quantitative estimate of drug-likeness (QED) is 0.642. The second kappa shape index (κ2) is 6.65. The van der Waals surface area contributed by atoms with Crippen molar-refractivity contribution in [1.82, 2.24) is 0 Å². The molecular formula is C15H13BrCl2O. The zero-order chi connectivity index (χ0) is 13.8. The summed E-state index contributed by atoms with van der Waals surface area (Å²) in [4.78, 5) is 0. The highest BCUT2D eigenvalue weighted by Crippen LogP contribution is 2.32. The van der Waals surface area contributed by atoms with Crippen molar-refractivity contribution in [3.63, 3.8) is 0 Å². The van der Waals surface area contributed by atoms with Crippen LogP contribution >= 0.6 is 39.1 Å². The highest BCUT2D eigenvalue weighted by Gasteiger charge is 2.13. The Kier molecular flexibility index (Phi) is 5.14. The van der Waals surface area contributed by atoms with Crippen LogP contribution in [0.15, 0.2) is 46.9 Å². The Hall–Kier alpha value is -0.700. The molecule has 1 unspecified atom stereocenters. The minimum Gasteiger partial charge on any atom is -0.496 e. The molecule has 0 bridgehead atoms. The number of hydrogen-bond donors (Lipinski definition) is 0. The van der Waals surface area contributed by atoms with Crippen LogP contribution in [0.2, 0.25) is 5.02 Å². The van der Waals surface area contributed by atoms with Gasteiger partial charge in [0.05, 0.1) is 17.5 Å². The predicted molar refractivity (Wildman–Crippen MR) is 84.4 cm³/mol. The van der Waals surface area contributed by atoms with Gasteiger partial charge in [-0.2, -0.15) is 0 Å². The van der Waals surface area contributed by atoms with E-state index in [0.717, 1.165) is 21.3 Å². The van der Waals surface area contributed by atoms with Crippen molar-refractivity contribution in [2.75, 3.05) is 7.11 Å². The van der Waals surface area contributed by atoms with Gasteiger partial charge >= 0.3 is 0 Å². The maximum atomic E-state index is 6.46. The third-order valence-corrected chi connectivity index (χ3v) is 4.54. The molecule has 0 radical (unpaired) electrons. The molecule has 1 nitrogen and oxygen atoms in total. The first-order chi connectivity index (χ1) is 9.11. The van der Waals surface area contributed by atoms with Gasteiger partial charge in [-0.3, -0.25) is 0 Å². The Morgan fingerprint density at radius 3 is 2.63 bits per heavy atom. The molecule has 0 amide bonds. The van der Waals surface area contributed by atoms with Crippen molar-refractivity contribution in [3.8, 4) is 5.75 Å². The second-order valence-corrected chi connectivity index (χ2v) is 5.95. The molecule has 4 heteroatoms. The standard InChI is InChI=1S/C15H13BrCl2O/c1-19-15-5-3-2-4-11(15)9-13(17)10-6-7-12(16)14(18)8-10/h2-8,13H,9H2,1H3. The molecule has 2 aromatic rings. The Bertz CT molecular complexity index is 572. The number of alkyl halides is 1. The van der Waals surface area contributed by atoms with Gasteiger partial charge in [-0.05, 0) is 51.7 Å². The first kappa shape index (κ1) is 14.7. The first-order valence-electron chi connectivity index (χ1n) is 5.82. The van der Waals surface area contributed by atoms with Crippen molar-refractivity contribution < 1.29 is 4.74 Å². The smallest absolute Gasteiger partial charge is 0.122 e. The molecule has 0 saturated heterocycles. The summed E-state index contributed by atoms with van der Waals surface area (Å²) in [5.41, 5.74) is 2.09. The van der Waals surface area contributed by atoms with Crippen LogP contribution in [0.1, 0.15) is 16.5 Å². The summed E-state index contributed by atoms with van der Waals surface area (Å²) in [7, 11) is 1.67. The van der Waals surface area contributed by atoms with Crippen LogP contribution in [-0.4, -0.2) is 7.11 Å². The normalized spacial score (nSPS) is 12.2. The summed E-state index contributed by atoms with van der Waals surface area (Å²) in [6.07, 6.45) is 0.698. The van der Waals surface area contributed by atoms with Crippen molar-refractivity contribution >= 4 is 39.1 Å². The van der Waals surface area contributed by atoms with Crippen LogP contribution < -0.4 is 4.74 Å². The van der Waals surface area contributed by atoms with Crippen LogP contribution in [0.4, 0.5) is 0 Å². The average molecular weight is 360 g/mol. The van der Waals surface area contributed by atoms with E-state index in [1.807, 2.05) is 42.5 Å². The molecule has 0 aliphatic rings. The number of halogens is 3. The Labute approximate surface area is 131 Å². The van der Waals surface area contributed by atoms with E-state index in [2.05, 4.69) is 15.9 Å². The largest absolute Gasteiger partial charge is 0.496 e. The van der Waals surface area contributed by atoms with E-state index < -0.39 is 0 Å². The maximum absolute atomic E-state index is 6.46. The van der Waals surface area contributed by atoms with Crippen molar-refractivity contribution in [3.05, 3.63) is 63.1 Å². The molecule has 19 heavy (non-hydrogen) atoms. The minimum atomic E-state index is -0.137. The third-order valence-electron chi connectivity index (χ3n) is 2.90. The summed E-state index contributed by atoms with van der Waals surface area (Å²) >= 11 is 15.9. The van der Waals surface area contributed by atoms with Crippen molar-refractivity contribution in [2.24, 2.45) is 0 Å². The number of rotatable bonds is 4. The van der Waals surface area contributed by atoms with Gasteiger partial charge in [-0.1, -0.05) is 35.9 Å². The minimum absolute atomic E-state index is 0.137. The number of benzene rings is 2. The third kappa shape index (κ3) is 3.65. The summed E-state index contributed by atoms with van der Waals surface area (Å²) < 4.78 is 6.21. The van der Waals surface area contributed by atoms with E-state index in [9.17, 15) is 0 Å². The summed E-state index contributed by atoms with van der Waals surface area (Å²) in [5.74, 6) is 0.858. The summed E-state index contributed by atoms with van der Waals surface area (Å²) in [5, 5.41) is 0.532. The zero-order valence-electron chi connectivity index (χ0n) is 10.4. The maximum Gasteiger partial charge on any atom is 0.122 e. The van der Waals surface area contributed by atoms with Crippen LogP contribution in [0, 0.1) is 0 Å². The molecule has 0 spiro atoms. The SMILES string of the molecule is COc1ccccc1CC(Cl)c1ccc(Br)c(Cl)c1. The topological polar surface area (TPSA) is 9.23 Å². The van der Waals surface area contributed by atoms with E-state index in [-0.39, 0.29) is 5.38 Å². The van der Waals surface area contributed by atoms with Crippen LogP contribution in [-0.2, 0) is 6.42 Å². The molecule has 0 saturated carbocycles. The molecule has 0 aliphatic heterocycles. The van der Waals surface area contributed by atoms with Gasteiger partial charge in [0.1, 0.15) is 5.75 Å². The predicted octanol–water partition coefficient (Wildman–Crippen LogP) is 5.63. The van der Waals surface area contributed by atoms with Crippen molar-refractivity contribution in [2.45, 2.75) is 11.8 Å². The lowest BCUT2D eigenvalue weighted by Gasteiger charge is -2.13. The molecule has 0 fully saturated rings. The number of methoxy groups -OCH3 is 1. The van der Waals surface area contributed by atoms with Crippen LogP contribution in [0.25, 0.3) is 0 Å². The lowest BCUT2D eigenvalue weighted by Crippen LogP contribution is -1.98. The first-order valence-corrected chi connectivity index (χ1v) is 7.43. The number of hydrogen-bond acceptors (Lipinski definition) is 1. The molecule has 2 rings (SSSR count). The summed E-state index contributed by atoms with van der Waals surface area (Å²) in [6.45, 7) is 0. The molecule has 100 valence electrons. The fraction of sp³-hybridized carbons (Fsp3) is 0.200. The van der Waals surface area contributed by atoms with Gasteiger partial charge in [0, 0.05) is 4.47 Å². The van der Waals surface area contributed by atoms with Gasteiger partial charge in [-0.25, -0.2) is 0 Å². The van der Waals surface area contributed by atoms with E-state index >= 15 is 0 Å².